The molecular formula is C17H22ClN3O3. The van der Waals surface area contributed by atoms with Crippen LogP contribution in [0, 0.1) is 5.92 Å². The second-order valence-electron chi connectivity index (χ2n) is 6.99. The predicted octanol–water partition coefficient (Wildman–Crippen LogP) is 3.11. The van der Waals surface area contributed by atoms with Crippen molar-refractivity contribution in [2.24, 2.45) is 5.92 Å². The lowest BCUT2D eigenvalue weighted by atomic mass is 9.84. The summed E-state index contributed by atoms with van der Waals surface area (Å²) >= 11 is 6.16. The van der Waals surface area contributed by atoms with Crippen LogP contribution < -0.4 is 0 Å². The van der Waals surface area contributed by atoms with Gasteiger partial charge in [-0.3, -0.25) is 4.79 Å². The number of carbonyl (C=O) groups is 2. The smallest absolute Gasteiger partial charge is 0.326 e. The van der Waals surface area contributed by atoms with Crippen molar-refractivity contribution in [2.75, 3.05) is 0 Å². The second-order valence-corrected chi connectivity index (χ2v) is 7.40. The van der Waals surface area contributed by atoms with Crippen molar-refractivity contribution in [3.05, 3.63) is 22.7 Å². The monoisotopic (exact) mass is 351 g/mol. The molecule has 0 radical (unpaired) electrons. The van der Waals surface area contributed by atoms with Gasteiger partial charge in [-0.1, -0.05) is 38.3 Å². The number of amides is 1. The van der Waals surface area contributed by atoms with Crippen LogP contribution in [0.3, 0.4) is 0 Å². The van der Waals surface area contributed by atoms with Gasteiger partial charge >= 0.3 is 5.97 Å². The van der Waals surface area contributed by atoms with Crippen LogP contribution in [-0.4, -0.2) is 43.9 Å². The zero-order valence-electron chi connectivity index (χ0n) is 13.9. The number of nitrogens with zero attached hydrogens (tertiary/aromatic N) is 3. The Hall–Kier alpha value is -1.69. The Labute approximate surface area is 146 Å². The van der Waals surface area contributed by atoms with E-state index in [-0.39, 0.29) is 34.5 Å². The van der Waals surface area contributed by atoms with Crippen LogP contribution in [0.25, 0.3) is 0 Å². The molecule has 1 aromatic heterocycles. The van der Waals surface area contributed by atoms with E-state index in [1.54, 1.807) is 0 Å². The molecule has 24 heavy (non-hydrogen) atoms. The predicted molar refractivity (Wildman–Crippen MR) is 89.1 cm³/mol. The molecule has 1 amide bonds. The van der Waals surface area contributed by atoms with Crippen molar-refractivity contribution in [1.82, 2.24) is 14.9 Å². The molecule has 0 unspecified atom stereocenters. The second kappa shape index (κ2) is 6.67. The first-order valence-electron chi connectivity index (χ1n) is 8.48. The normalized spacial score (nSPS) is 26.5. The highest BCUT2D eigenvalue weighted by atomic mass is 35.5. The average Bonchev–Trinajstić information content (AvgIpc) is 2.94. The number of carboxylic acids is 1. The molecule has 0 spiro atoms. The van der Waals surface area contributed by atoms with Gasteiger partial charge in [-0.2, -0.15) is 0 Å². The van der Waals surface area contributed by atoms with Crippen molar-refractivity contribution in [1.29, 1.82) is 0 Å². The van der Waals surface area contributed by atoms with E-state index >= 15 is 0 Å². The highest BCUT2D eigenvalue weighted by molar-refractivity contribution is 6.33. The maximum Gasteiger partial charge on any atom is 0.326 e. The summed E-state index contributed by atoms with van der Waals surface area (Å²) in [6.07, 6.45) is 5.90. The Morgan fingerprint density at radius 3 is 2.71 bits per heavy atom. The number of halogens is 1. The summed E-state index contributed by atoms with van der Waals surface area (Å²) in [5, 5.41) is 9.75. The zero-order chi connectivity index (χ0) is 17.4. The molecule has 1 saturated heterocycles. The third kappa shape index (κ3) is 2.99. The summed E-state index contributed by atoms with van der Waals surface area (Å²) in [5.41, 5.74) is 0.118. The van der Waals surface area contributed by atoms with Gasteiger partial charge < -0.3 is 10.0 Å². The van der Waals surface area contributed by atoms with E-state index in [2.05, 4.69) is 9.97 Å². The minimum absolute atomic E-state index is 0.0270. The number of hydrogen-bond acceptors (Lipinski definition) is 4. The van der Waals surface area contributed by atoms with Crippen molar-refractivity contribution < 1.29 is 14.7 Å². The molecule has 1 N–H and O–H groups in total. The topological polar surface area (TPSA) is 83.4 Å². The minimum atomic E-state index is -0.952. The van der Waals surface area contributed by atoms with Gasteiger partial charge in [-0.05, 0) is 25.2 Å². The number of carboxylic acid groups (broad SMARTS) is 1. The van der Waals surface area contributed by atoms with Crippen molar-refractivity contribution in [2.45, 2.75) is 64.0 Å². The molecule has 1 aliphatic carbocycles. The number of carbonyl (C=O) groups excluding carboxylic acids is 1. The SMILES string of the molecule is CC(C)c1ncc(Cl)c(C(=O)N2[C@@H]3CCCC[C@H]3C[C@H]2C(=O)O)n1. The average molecular weight is 352 g/mol. The Balaban J connectivity index is 1.97. The van der Waals surface area contributed by atoms with Crippen LogP contribution in [0.4, 0.5) is 0 Å². The molecule has 6 nitrogen and oxygen atoms in total. The fourth-order valence-corrected chi connectivity index (χ4v) is 4.08. The van der Waals surface area contributed by atoms with Crippen LogP contribution in [0.5, 0.6) is 0 Å². The van der Waals surface area contributed by atoms with Crippen LogP contribution >= 0.6 is 11.6 Å². The van der Waals surface area contributed by atoms with Gasteiger partial charge in [0.15, 0.2) is 5.69 Å². The van der Waals surface area contributed by atoms with E-state index in [4.69, 9.17) is 11.6 Å². The van der Waals surface area contributed by atoms with E-state index in [1.165, 1.54) is 11.1 Å². The lowest BCUT2D eigenvalue weighted by Gasteiger charge is -2.33. The van der Waals surface area contributed by atoms with Crippen LogP contribution in [0.15, 0.2) is 6.20 Å². The molecular weight excluding hydrogens is 330 g/mol. The van der Waals surface area contributed by atoms with Crippen molar-refractivity contribution in [3.63, 3.8) is 0 Å². The molecule has 7 heteroatoms. The minimum Gasteiger partial charge on any atom is -0.480 e. The third-order valence-corrected chi connectivity index (χ3v) is 5.37. The third-order valence-electron chi connectivity index (χ3n) is 5.09. The highest BCUT2D eigenvalue weighted by Gasteiger charge is 2.48. The molecule has 2 heterocycles. The molecule has 1 aliphatic heterocycles. The molecule has 130 valence electrons. The fourth-order valence-electron chi connectivity index (χ4n) is 3.90. The summed E-state index contributed by atoms with van der Waals surface area (Å²) in [6.45, 7) is 3.87. The van der Waals surface area contributed by atoms with Crippen LogP contribution in [0.2, 0.25) is 5.02 Å². The highest BCUT2D eigenvalue weighted by Crippen LogP contribution is 2.40. The molecule has 1 saturated carbocycles. The number of hydrogen-bond donors (Lipinski definition) is 1. The molecule has 2 fully saturated rings. The lowest BCUT2D eigenvalue weighted by molar-refractivity contribution is -0.141. The van der Waals surface area contributed by atoms with Gasteiger partial charge in [0.05, 0.1) is 11.2 Å². The zero-order valence-corrected chi connectivity index (χ0v) is 14.7. The van der Waals surface area contributed by atoms with Crippen LogP contribution in [0.1, 0.15) is 68.2 Å². The molecule has 2 aliphatic rings. The molecule has 3 atom stereocenters. The Kier molecular flexibility index (Phi) is 4.76. The largest absolute Gasteiger partial charge is 0.480 e. The van der Waals surface area contributed by atoms with E-state index < -0.39 is 12.0 Å². The number of likely N-dealkylation sites (tertiary alicyclic amines) is 1. The maximum absolute atomic E-state index is 13.1. The summed E-state index contributed by atoms with van der Waals surface area (Å²) in [4.78, 5) is 34.8. The summed E-state index contributed by atoms with van der Waals surface area (Å²) < 4.78 is 0. The van der Waals surface area contributed by atoms with Gasteiger partial charge in [-0.25, -0.2) is 14.8 Å². The number of rotatable bonds is 3. The van der Waals surface area contributed by atoms with E-state index in [1.807, 2.05) is 13.8 Å². The van der Waals surface area contributed by atoms with Crippen LogP contribution in [-0.2, 0) is 4.79 Å². The molecule has 0 aromatic carbocycles. The number of aromatic nitrogens is 2. The quantitative estimate of drug-likeness (QED) is 0.904. The van der Waals surface area contributed by atoms with Gasteiger partial charge in [0.2, 0.25) is 0 Å². The van der Waals surface area contributed by atoms with E-state index in [0.717, 1.165) is 25.7 Å². The Bertz CT molecular complexity index is 664. The standard InChI is InChI=1S/C17H22ClN3O3/c1-9(2)15-19-8-11(18)14(20-15)16(22)21-12-6-4-3-5-10(12)7-13(21)17(23)24/h8-10,12-13H,3-7H2,1-2H3,(H,23,24)/t10-,12+,13-/m0/s1. The van der Waals surface area contributed by atoms with Gasteiger partial charge in [0, 0.05) is 12.0 Å². The first-order chi connectivity index (χ1) is 11.4. The maximum atomic E-state index is 13.1. The Morgan fingerprint density at radius 2 is 2.04 bits per heavy atom. The summed E-state index contributed by atoms with van der Waals surface area (Å²) in [5.74, 6) is -0.480. The number of fused-ring (bicyclic) bond motifs is 1. The lowest BCUT2D eigenvalue weighted by Crippen LogP contribution is -2.46. The molecule has 3 rings (SSSR count). The van der Waals surface area contributed by atoms with E-state index in [0.29, 0.717) is 12.2 Å². The first kappa shape index (κ1) is 17.1. The molecule has 1 aromatic rings. The summed E-state index contributed by atoms with van der Waals surface area (Å²) in [6, 6.07) is -0.819. The number of aliphatic carboxylic acids is 1. The Morgan fingerprint density at radius 1 is 1.33 bits per heavy atom. The first-order valence-corrected chi connectivity index (χ1v) is 8.85. The van der Waals surface area contributed by atoms with Crippen molar-refractivity contribution in [3.8, 4) is 0 Å². The molecule has 0 bridgehead atoms. The van der Waals surface area contributed by atoms with E-state index in [9.17, 15) is 14.7 Å². The van der Waals surface area contributed by atoms with Gasteiger partial charge in [0.1, 0.15) is 11.9 Å². The van der Waals surface area contributed by atoms with Gasteiger partial charge in [0.25, 0.3) is 5.91 Å². The summed E-state index contributed by atoms with van der Waals surface area (Å²) in [7, 11) is 0. The fraction of sp³-hybridized carbons (Fsp3) is 0.647. The van der Waals surface area contributed by atoms with Gasteiger partial charge in [-0.15, -0.1) is 0 Å². The van der Waals surface area contributed by atoms with Crippen molar-refractivity contribution >= 4 is 23.5 Å².